The van der Waals surface area contributed by atoms with E-state index in [1.54, 1.807) is 0 Å². The van der Waals surface area contributed by atoms with Crippen LogP contribution in [0.15, 0.2) is 30.3 Å². The van der Waals surface area contributed by atoms with Crippen molar-refractivity contribution < 1.29 is 48.0 Å². The second-order valence-corrected chi connectivity index (χ2v) is 17.8. The lowest BCUT2D eigenvalue weighted by Gasteiger charge is -2.60. The molecule has 1 aromatic carbocycles. The van der Waals surface area contributed by atoms with E-state index in [-0.39, 0.29) is 29.7 Å². The van der Waals surface area contributed by atoms with Gasteiger partial charge in [0.1, 0.15) is 0 Å². The summed E-state index contributed by atoms with van der Waals surface area (Å²) in [5.41, 5.74) is -0.0374. The van der Waals surface area contributed by atoms with Crippen molar-refractivity contribution in [2.24, 2.45) is 47.3 Å². The molecule has 1 aromatic rings. The molecule has 16 atom stereocenters. The molecule has 8 heterocycles. The molecule has 11 heteroatoms. The van der Waals surface area contributed by atoms with Gasteiger partial charge in [0.15, 0.2) is 36.4 Å². The van der Waals surface area contributed by atoms with Crippen LogP contribution in [0.1, 0.15) is 98.5 Å². The Morgan fingerprint density at radius 3 is 1.63 bits per heavy atom. The fourth-order valence-corrected chi connectivity index (χ4v) is 11.6. The fourth-order valence-electron chi connectivity index (χ4n) is 11.6. The lowest BCUT2D eigenvalue weighted by Crippen LogP contribution is -2.70. The minimum absolute atomic E-state index is 0.0903. The van der Waals surface area contributed by atoms with Crippen LogP contribution in [-0.2, 0) is 54.5 Å². The summed E-state index contributed by atoms with van der Waals surface area (Å²) in [7, 11) is 0. The normalized spacial score (nSPS) is 52.0. The van der Waals surface area contributed by atoms with Crippen molar-refractivity contribution in [1.82, 2.24) is 5.32 Å². The smallest absolute Gasteiger partial charge is 0.201 e. The Hall–Kier alpha value is -1.22. The van der Waals surface area contributed by atoms with Crippen LogP contribution >= 0.6 is 0 Å². The van der Waals surface area contributed by atoms with E-state index in [1.165, 1.54) is 5.56 Å². The number of ether oxygens (including phenoxy) is 6. The summed E-state index contributed by atoms with van der Waals surface area (Å²) in [5.74, 6) is 0.584. The van der Waals surface area contributed by atoms with Crippen LogP contribution in [0.2, 0.25) is 0 Å². The number of fused-ring (bicyclic) bond motifs is 4. The predicted molar refractivity (Wildman–Crippen MR) is 183 cm³/mol. The van der Waals surface area contributed by atoms with Crippen LogP contribution in [0.25, 0.3) is 0 Å². The van der Waals surface area contributed by atoms with E-state index >= 15 is 0 Å². The standard InChI is InChI=1S/C40H59NO10/c1-23-12-14-31-25(3)33(44-35-39(31)29(23)16-18-37(5,46-35)48-50-39)42-21-28(41-20-27-10-8-7-9-11-27)22-43-34-26(4)32-15-13-24(2)30-17-19-38(6)47-36(45-34)40(30,32)51-49-38/h7-11,23-26,28-36,41H,12-22H2,1-6H3/t23-,24-,25-,26-,29+,30+,31+,32+,33+,34+,35-,36-,37+,38+,39-,40-/m1/s1. The van der Waals surface area contributed by atoms with E-state index in [0.717, 1.165) is 51.4 Å². The Morgan fingerprint density at radius 2 is 1.14 bits per heavy atom. The summed E-state index contributed by atoms with van der Waals surface area (Å²) in [4.78, 5) is 24.8. The molecule has 11 rings (SSSR count). The predicted octanol–water partition coefficient (Wildman–Crippen LogP) is 6.59. The van der Waals surface area contributed by atoms with Crippen LogP contribution in [-0.4, -0.2) is 67.2 Å². The molecule has 4 bridgehead atoms. The van der Waals surface area contributed by atoms with E-state index in [2.05, 4.69) is 57.3 Å². The summed E-state index contributed by atoms with van der Waals surface area (Å²) in [6.45, 7) is 14.5. The molecule has 8 aliphatic heterocycles. The highest BCUT2D eigenvalue weighted by Crippen LogP contribution is 2.62. The zero-order chi connectivity index (χ0) is 35.2. The average molecular weight is 714 g/mol. The Bertz CT molecular complexity index is 1320. The van der Waals surface area contributed by atoms with Gasteiger partial charge in [-0.05, 0) is 81.6 Å². The van der Waals surface area contributed by atoms with Gasteiger partial charge in [-0.2, -0.15) is 0 Å². The average Bonchev–Trinajstić information content (AvgIpc) is 3.50. The molecule has 10 aliphatic rings. The first-order valence-corrected chi connectivity index (χ1v) is 19.9. The minimum Gasteiger partial charge on any atom is -0.351 e. The topological polar surface area (TPSA) is 104 Å². The minimum atomic E-state index is -0.822. The Kier molecular flexibility index (Phi) is 9.20. The van der Waals surface area contributed by atoms with E-state index in [1.807, 2.05) is 19.9 Å². The molecule has 2 aliphatic carbocycles. The van der Waals surface area contributed by atoms with Crippen LogP contribution in [0, 0.1) is 47.3 Å². The maximum absolute atomic E-state index is 6.76. The monoisotopic (exact) mass is 713 g/mol. The first kappa shape index (κ1) is 35.5. The van der Waals surface area contributed by atoms with Gasteiger partial charge in [-0.1, -0.05) is 58.0 Å². The Balaban J connectivity index is 0.914. The Morgan fingerprint density at radius 1 is 0.647 bits per heavy atom. The van der Waals surface area contributed by atoms with Crippen LogP contribution < -0.4 is 5.32 Å². The SMILES string of the molecule is C[C@H]1[C@@H](OCC(CO[C@H]2O[C@@H]3O[C@]4(C)CC[C@H]5[C@H](C)CC[C@@H]([C@H]2C)[C@@]35OO4)NCc2ccccc2)O[C@@H]2O[C@]3(C)CC[C@H]4[C@H](C)CC[C@@H]1[C@@]24OO3. The molecule has 284 valence electrons. The van der Waals surface area contributed by atoms with Crippen molar-refractivity contribution in [2.45, 2.75) is 153 Å². The molecule has 0 aromatic heterocycles. The van der Waals surface area contributed by atoms with Crippen LogP contribution in [0.5, 0.6) is 0 Å². The maximum Gasteiger partial charge on any atom is 0.201 e. The summed E-state index contributed by atoms with van der Waals surface area (Å²) >= 11 is 0. The first-order chi connectivity index (χ1) is 24.5. The van der Waals surface area contributed by atoms with Gasteiger partial charge < -0.3 is 33.7 Å². The van der Waals surface area contributed by atoms with Crippen molar-refractivity contribution in [2.75, 3.05) is 13.2 Å². The summed E-state index contributed by atoms with van der Waals surface area (Å²) in [5, 5.41) is 3.73. The van der Waals surface area contributed by atoms with Crippen molar-refractivity contribution in [1.29, 1.82) is 0 Å². The largest absolute Gasteiger partial charge is 0.351 e. The van der Waals surface area contributed by atoms with E-state index < -0.39 is 47.9 Å². The van der Waals surface area contributed by atoms with Crippen molar-refractivity contribution in [3.8, 4) is 0 Å². The van der Waals surface area contributed by atoms with Gasteiger partial charge >= 0.3 is 0 Å². The summed E-state index contributed by atoms with van der Waals surface area (Å²) < 4.78 is 40.2. The summed E-state index contributed by atoms with van der Waals surface area (Å²) in [6.07, 6.45) is 5.93. The molecule has 2 spiro atoms. The van der Waals surface area contributed by atoms with Gasteiger partial charge in [-0.25, -0.2) is 19.6 Å². The molecule has 2 saturated carbocycles. The van der Waals surface area contributed by atoms with E-state index in [0.29, 0.717) is 43.4 Å². The fraction of sp³-hybridized carbons (Fsp3) is 0.850. The Labute approximate surface area is 302 Å². The highest BCUT2D eigenvalue weighted by atomic mass is 17.3. The number of rotatable bonds is 9. The third-order valence-electron chi connectivity index (χ3n) is 14.6. The van der Waals surface area contributed by atoms with Gasteiger partial charge in [0.2, 0.25) is 11.6 Å². The zero-order valence-electron chi connectivity index (χ0n) is 31.3. The zero-order valence-corrected chi connectivity index (χ0v) is 31.3. The van der Waals surface area contributed by atoms with E-state index in [9.17, 15) is 0 Å². The molecule has 10 fully saturated rings. The number of nitrogens with one attached hydrogen (secondary N) is 1. The maximum atomic E-state index is 6.76. The molecule has 11 nitrogen and oxygen atoms in total. The van der Waals surface area contributed by atoms with Gasteiger partial charge in [0.05, 0.1) is 19.3 Å². The highest BCUT2D eigenvalue weighted by molar-refractivity contribution is 5.15. The second kappa shape index (κ2) is 13.2. The van der Waals surface area contributed by atoms with Crippen LogP contribution in [0.3, 0.4) is 0 Å². The van der Waals surface area contributed by atoms with Gasteiger partial charge in [-0.3, -0.25) is 0 Å². The van der Waals surface area contributed by atoms with Gasteiger partial charge in [0.25, 0.3) is 0 Å². The molecule has 8 saturated heterocycles. The molecule has 0 radical (unpaired) electrons. The molecular formula is C40H59NO10. The van der Waals surface area contributed by atoms with Crippen molar-refractivity contribution in [3.63, 3.8) is 0 Å². The van der Waals surface area contributed by atoms with Crippen molar-refractivity contribution >= 4 is 0 Å². The first-order valence-electron chi connectivity index (χ1n) is 19.9. The van der Waals surface area contributed by atoms with E-state index in [4.69, 9.17) is 48.0 Å². The van der Waals surface area contributed by atoms with Crippen LogP contribution in [0.4, 0.5) is 0 Å². The van der Waals surface area contributed by atoms with Crippen molar-refractivity contribution in [3.05, 3.63) is 35.9 Å². The lowest BCUT2D eigenvalue weighted by atomic mass is 9.58. The third-order valence-corrected chi connectivity index (χ3v) is 14.6. The quantitative estimate of drug-likeness (QED) is 0.280. The summed E-state index contributed by atoms with van der Waals surface area (Å²) in [6, 6.07) is 10.3. The molecule has 0 unspecified atom stereocenters. The number of hydrogen-bond acceptors (Lipinski definition) is 11. The second-order valence-electron chi connectivity index (χ2n) is 17.8. The highest BCUT2D eigenvalue weighted by Gasteiger charge is 2.71. The third kappa shape index (κ3) is 5.79. The van der Waals surface area contributed by atoms with Gasteiger partial charge in [-0.15, -0.1) is 0 Å². The molecule has 51 heavy (non-hydrogen) atoms. The number of benzene rings is 1. The number of hydrogen-bond donors (Lipinski definition) is 1. The van der Waals surface area contributed by atoms with Gasteiger partial charge in [0, 0.05) is 43.1 Å². The molecule has 1 N–H and O–H groups in total. The lowest BCUT2D eigenvalue weighted by molar-refractivity contribution is -0.577. The molecular weight excluding hydrogens is 654 g/mol. The molecule has 0 amide bonds.